The Labute approximate surface area is 139 Å². The predicted octanol–water partition coefficient (Wildman–Crippen LogP) is 0.511. The monoisotopic (exact) mass is 333 g/mol. The van der Waals surface area contributed by atoms with E-state index in [1.807, 2.05) is 20.6 Å². The van der Waals surface area contributed by atoms with E-state index in [9.17, 15) is 19.2 Å². The predicted molar refractivity (Wildman–Crippen MR) is 86.0 cm³/mol. The van der Waals surface area contributed by atoms with Gasteiger partial charge in [0.05, 0.1) is 11.1 Å². The molecule has 128 valence electrons. The number of nitrogens with one attached hydrogen (secondary N) is 1. The molecular weight excluding hydrogens is 314 g/mol. The minimum Gasteiger partial charge on any atom is -0.398 e. The molecule has 1 atom stereocenters. The molecule has 0 saturated carbocycles. The summed E-state index contributed by atoms with van der Waals surface area (Å²) in [5, 5.41) is 2.13. The van der Waals surface area contributed by atoms with Crippen LogP contribution in [0, 0.1) is 0 Å². The number of carbonyl (C=O) groups excluding carboxylic acids is 5. The molecule has 2 heterocycles. The van der Waals surface area contributed by atoms with Crippen molar-refractivity contribution in [2.75, 3.05) is 5.73 Å². The Hall–Kier alpha value is -3.03. The summed E-state index contributed by atoms with van der Waals surface area (Å²) in [6, 6.07) is 3.64. The van der Waals surface area contributed by atoms with Gasteiger partial charge in [0.15, 0.2) is 0 Å². The van der Waals surface area contributed by atoms with Crippen LogP contribution in [-0.4, -0.2) is 41.4 Å². The first-order chi connectivity index (χ1) is 11.5. The van der Waals surface area contributed by atoms with Crippen LogP contribution in [0.3, 0.4) is 0 Å². The molecule has 3 rings (SSSR count). The Morgan fingerprint density at radius 3 is 2.29 bits per heavy atom. The maximum atomic E-state index is 12.3. The van der Waals surface area contributed by atoms with Gasteiger partial charge in [-0.15, -0.1) is 0 Å². The van der Waals surface area contributed by atoms with Gasteiger partial charge < -0.3 is 10.5 Å². The second kappa shape index (κ2) is 8.00. The summed E-state index contributed by atoms with van der Waals surface area (Å²) in [6.07, 6.45) is 0.231. The van der Waals surface area contributed by atoms with E-state index in [0.29, 0.717) is 0 Å². The van der Waals surface area contributed by atoms with E-state index in [1.165, 1.54) is 12.1 Å². The largest absolute Gasteiger partial charge is 0.398 e. The summed E-state index contributed by atoms with van der Waals surface area (Å²) < 4.78 is 0. The van der Waals surface area contributed by atoms with Gasteiger partial charge in [0.1, 0.15) is 12.8 Å². The molecular formula is C16H19N3O5. The lowest BCUT2D eigenvalue weighted by Gasteiger charge is -2.27. The quantitative estimate of drug-likeness (QED) is 0.569. The molecule has 1 fully saturated rings. The van der Waals surface area contributed by atoms with Crippen molar-refractivity contribution < 1.29 is 24.0 Å². The minimum absolute atomic E-state index is 0.0965. The summed E-state index contributed by atoms with van der Waals surface area (Å²) >= 11 is 0. The number of carbonyl (C=O) groups is 5. The van der Waals surface area contributed by atoms with Crippen molar-refractivity contribution in [2.24, 2.45) is 0 Å². The molecule has 0 aromatic heterocycles. The van der Waals surface area contributed by atoms with Crippen molar-refractivity contribution in [1.82, 2.24) is 10.2 Å². The normalized spacial score (nSPS) is 18.8. The van der Waals surface area contributed by atoms with E-state index in [0.717, 1.165) is 4.90 Å². The molecule has 0 radical (unpaired) electrons. The van der Waals surface area contributed by atoms with Crippen molar-refractivity contribution in [2.45, 2.75) is 32.7 Å². The van der Waals surface area contributed by atoms with Crippen molar-refractivity contribution >= 4 is 36.1 Å². The van der Waals surface area contributed by atoms with Crippen LogP contribution in [0.5, 0.6) is 0 Å². The first kappa shape index (κ1) is 19.0. The van der Waals surface area contributed by atoms with Gasteiger partial charge in [-0.2, -0.15) is 0 Å². The Kier molecular flexibility index (Phi) is 6.34. The number of piperidine rings is 1. The number of amides is 4. The second-order valence-electron chi connectivity index (χ2n) is 4.72. The number of benzene rings is 1. The molecule has 8 nitrogen and oxygen atoms in total. The van der Waals surface area contributed by atoms with Crippen LogP contribution in [0.4, 0.5) is 5.69 Å². The molecule has 1 saturated heterocycles. The smallest absolute Gasteiger partial charge is 0.264 e. The number of hydrogen-bond donors (Lipinski definition) is 2. The van der Waals surface area contributed by atoms with Crippen molar-refractivity contribution in [1.29, 1.82) is 0 Å². The standard InChI is InChI=1S/C13H11N3O4.C2H6.CH2O/c14-7-3-1-2-6-10(7)13(20)16(12(6)19)8-4-5-9(17)15-11(8)18;2*1-2/h1-3,8H,4-5,14H2,(H,15,17,18);1-2H3;1H2. The fraction of sp³-hybridized carbons (Fsp3) is 0.312. The van der Waals surface area contributed by atoms with E-state index in [4.69, 9.17) is 10.5 Å². The lowest BCUT2D eigenvalue weighted by atomic mass is 10.0. The zero-order chi connectivity index (χ0) is 18.4. The molecule has 1 aromatic carbocycles. The number of nitrogens with two attached hydrogens (primary N) is 1. The first-order valence-corrected chi connectivity index (χ1v) is 7.39. The second-order valence-corrected chi connectivity index (χ2v) is 4.72. The van der Waals surface area contributed by atoms with Crippen molar-refractivity contribution in [3.63, 3.8) is 0 Å². The zero-order valence-electron chi connectivity index (χ0n) is 13.5. The van der Waals surface area contributed by atoms with Gasteiger partial charge in [0, 0.05) is 12.1 Å². The highest BCUT2D eigenvalue weighted by Gasteiger charge is 2.45. The van der Waals surface area contributed by atoms with Crippen LogP contribution >= 0.6 is 0 Å². The third-order valence-corrected chi connectivity index (χ3v) is 3.50. The number of fused-ring (bicyclic) bond motifs is 1. The third-order valence-electron chi connectivity index (χ3n) is 3.50. The van der Waals surface area contributed by atoms with E-state index in [-0.39, 0.29) is 29.7 Å². The molecule has 1 unspecified atom stereocenters. The van der Waals surface area contributed by atoms with Crippen LogP contribution in [0.1, 0.15) is 47.4 Å². The van der Waals surface area contributed by atoms with E-state index < -0.39 is 29.7 Å². The van der Waals surface area contributed by atoms with Gasteiger partial charge in [0.2, 0.25) is 11.8 Å². The lowest BCUT2D eigenvalue weighted by Crippen LogP contribution is -2.54. The Bertz CT molecular complexity index is 686. The van der Waals surface area contributed by atoms with E-state index in [2.05, 4.69) is 5.32 Å². The molecule has 2 aliphatic rings. The maximum Gasteiger partial charge on any atom is 0.264 e. The van der Waals surface area contributed by atoms with Crippen molar-refractivity contribution in [3.05, 3.63) is 29.3 Å². The molecule has 2 aliphatic heterocycles. The van der Waals surface area contributed by atoms with Crippen molar-refractivity contribution in [3.8, 4) is 0 Å². The average Bonchev–Trinajstić information content (AvgIpc) is 2.84. The van der Waals surface area contributed by atoms with Crippen LogP contribution < -0.4 is 11.1 Å². The highest BCUT2D eigenvalue weighted by atomic mass is 16.2. The molecule has 1 aromatic rings. The van der Waals surface area contributed by atoms with Crippen LogP contribution in [-0.2, 0) is 14.4 Å². The van der Waals surface area contributed by atoms with Crippen LogP contribution in [0.15, 0.2) is 18.2 Å². The van der Waals surface area contributed by atoms with E-state index >= 15 is 0 Å². The number of rotatable bonds is 1. The summed E-state index contributed by atoms with van der Waals surface area (Å²) in [5.74, 6) is -2.17. The molecule has 3 N–H and O–H groups in total. The molecule has 24 heavy (non-hydrogen) atoms. The summed E-state index contributed by atoms with van der Waals surface area (Å²) in [6.45, 7) is 6.00. The third kappa shape index (κ3) is 3.17. The van der Waals surface area contributed by atoms with Crippen LogP contribution in [0.2, 0.25) is 0 Å². The highest BCUT2D eigenvalue weighted by Crippen LogP contribution is 2.30. The fourth-order valence-electron chi connectivity index (χ4n) is 2.54. The zero-order valence-corrected chi connectivity index (χ0v) is 13.5. The van der Waals surface area contributed by atoms with Gasteiger partial charge in [-0.05, 0) is 18.6 Å². The number of anilines is 1. The summed E-state index contributed by atoms with van der Waals surface area (Å²) in [7, 11) is 0. The Balaban J connectivity index is 0.000000671. The van der Waals surface area contributed by atoms with Gasteiger partial charge in [-0.3, -0.25) is 29.4 Å². The topological polar surface area (TPSA) is 127 Å². The minimum atomic E-state index is -0.959. The summed E-state index contributed by atoms with van der Waals surface area (Å²) in [4.78, 5) is 56.4. The van der Waals surface area contributed by atoms with E-state index in [1.54, 1.807) is 6.07 Å². The fourth-order valence-corrected chi connectivity index (χ4v) is 2.54. The molecule has 4 amide bonds. The van der Waals surface area contributed by atoms with Gasteiger partial charge in [-0.1, -0.05) is 19.9 Å². The highest BCUT2D eigenvalue weighted by molar-refractivity contribution is 6.25. The Morgan fingerprint density at radius 1 is 1.12 bits per heavy atom. The number of nitrogens with zero attached hydrogens (tertiary/aromatic N) is 1. The van der Waals surface area contributed by atoms with Crippen LogP contribution in [0.25, 0.3) is 0 Å². The van der Waals surface area contributed by atoms with Gasteiger partial charge in [-0.25, -0.2) is 0 Å². The molecule has 8 heteroatoms. The summed E-state index contributed by atoms with van der Waals surface area (Å²) in [5.41, 5.74) is 6.24. The Morgan fingerprint density at radius 2 is 1.75 bits per heavy atom. The molecule has 0 bridgehead atoms. The number of imide groups is 2. The molecule has 0 spiro atoms. The maximum absolute atomic E-state index is 12.3. The SMILES string of the molecule is C=O.CC.Nc1cccc2c1C(=O)N(C1CCC(=O)NC1=O)C2=O. The molecule has 0 aliphatic carbocycles. The first-order valence-electron chi connectivity index (χ1n) is 7.39. The lowest BCUT2D eigenvalue weighted by molar-refractivity contribution is -0.136. The number of hydrogen-bond acceptors (Lipinski definition) is 6. The van der Waals surface area contributed by atoms with Gasteiger partial charge >= 0.3 is 0 Å². The van der Waals surface area contributed by atoms with Gasteiger partial charge in [0.25, 0.3) is 11.8 Å². The number of nitrogen functional groups attached to an aromatic ring is 1. The average molecular weight is 333 g/mol.